The minimum atomic E-state index is -0.0179. The van der Waals surface area contributed by atoms with Gasteiger partial charge >= 0.3 is 0 Å². The third kappa shape index (κ3) is 2.19. The number of aromatic nitrogens is 4. The molecule has 0 radical (unpaired) electrons. The van der Waals surface area contributed by atoms with Crippen molar-refractivity contribution in [2.24, 2.45) is 0 Å². The molecule has 0 saturated carbocycles. The molecule has 7 rings (SSSR count). The van der Waals surface area contributed by atoms with E-state index >= 15 is 0 Å². The van der Waals surface area contributed by atoms with Gasteiger partial charge in [0.2, 0.25) is 5.95 Å². The molecule has 4 nitrogen and oxygen atoms in total. The van der Waals surface area contributed by atoms with Crippen LogP contribution in [0.5, 0.6) is 0 Å². The van der Waals surface area contributed by atoms with Gasteiger partial charge in [0, 0.05) is 16.2 Å². The molecule has 32 heavy (non-hydrogen) atoms. The first-order valence-electron chi connectivity index (χ1n) is 10.9. The summed E-state index contributed by atoms with van der Waals surface area (Å²) in [5, 5.41) is 4.89. The van der Waals surface area contributed by atoms with Crippen molar-refractivity contribution >= 4 is 32.6 Å². The van der Waals surface area contributed by atoms with Crippen molar-refractivity contribution in [3.8, 4) is 17.1 Å². The molecule has 1 aliphatic rings. The Morgan fingerprint density at radius 1 is 0.656 bits per heavy atom. The smallest absolute Gasteiger partial charge is 0.237 e. The molecule has 0 N–H and O–H groups in total. The van der Waals surface area contributed by atoms with E-state index < -0.39 is 0 Å². The maximum Gasteiger partial charge on any atom is 0.237 e. The molecule has 0 amide bonds. The van der Waals surface area contributed by atoms with Crippen molar-refractivity contribution < 1.29 is 0 Å². The second kappa shape index (κ2) is 6.01. The van der Waals surface area contributed by atoms with E-state index in [0.717, 1.165) is 11.0 Å². The fourth-order valence-electron chi connectivity index (χ4n) is 5.48. The normalized spacial score (nSPS) is 14.2. The predicted molar refractivity (Wildman–Crippen MR) is 129 cm³/mol. The van der Waals surface area contributed by atoms with E-state index in [0.29, 0.717) is 5.95 Å². The Morgan fingerprint density at radius 3 is 2.28 bits per heavy atom. The highest BCUT2D eigenvalue weighted by Crippen LogP contribution is 2.50. The molecular weight excluding hydrogens is 392 g/mol. The summed E-state index contributed by atoms with van der Waals surface area (Å²) in [4.78, 5) is 12.9. The molecular formula is C28H20N4. The monoisotopic (exact) mass is 412 g/mol. The van der Waals surface area contributed by atoms with E-state index in [1.807, 2.05) is 0 Å². The maximum absolute atomic E-state index is 4.45. The van der Waals surface area contributed by atoms with Crippen LogP contribution >= 0.6 is 0 Å². The Labute approximate surface area is 185 Å². The summed E-state index contributed by atoms with van der Waals surface area (Å²) in [6, 6.07) is 26.6. The van der Waals surface area contributed by atoms with Crippen molar-refractivity contribution in [2.75, 3.05) is 0 Å². The Hall–Kier alpha value is -4.05. The zero-order valence-corrected chi connectivity index (χ0v) is 17.9. The van der Waals surface area contributed by atoms with Crippen LogP contribution in [0.15, 0.2) is 85.5 Å². The van der Waals surface area contributed by atoms with Crippen LogP contribution in [0.25, 0.3) is 49.7 Å². The summed E-state index contributed by atoms with van der Waals surface area (Å²) in [5.74, 6) is 0.638. The van der Waals surface area contributed by atoms with Crippen LogP contribution in [0.3, 0.4) is 0 Å². The van der Waals surface area contributed by atoms with Crippen LogP contribution in [0, 0.1) is 0 Å². The van der Waals surface area contributed by atoms with Gasteiger partial charge in [-0.25, -0.2) is 15.0 Å². The van der Waals surface area contributed by atoms with Crippen molar-refractivity contribution in [1.82, 2.24) is 19.5 Å². The van der Waals surface area contributed by atoms with Gasteiger partial charge in [0.1, 0.15) is 12.7 Å². The highest BCUT2D eigenvalue weighted by molar-refractivity contribution is 6.14. The van der Waals surface area contributed by atoms with E-state index in [9.17, 15) is 0 Å². The molecule has 0 bridgehead atoms. The lowest BCUT2D eigenvalue weighted by atomic mass is 9.82. The summed E-state index contributed by atoms with van der Waals surface area (Å²) >= 11 is 0. The van der Waals surface area contributed by atoms with E-state index in [2.05, 4.69) is 106 Å². The Morgan fingerprint density at radius 2 is 1.41 bits per heavy atom. The number of hydrogen-bond acceptors (Lipinski definition) is 3. The Kier molecular flexibility index (Phi) is 3.31. The van der Waals surface area contributed by atoms with Crippen LogP contribution in [0.1, 0.15) is 25.0 Å². The Bertz CT molecular complexity index is 1690. The second-order valence-electron chi connectivity index (χ2n) is 9.08. The third-order valence-electron chi connectivity index (χ3n) is 7.01. The summed E-state index contributed by atoms with van der Waals surface area (Å²) in [6.45, 7) is 4.65. The lowest BCUT2D eigenvalue weighted by molar-refractivity contribution is 0.661. The fraction of sp³-hybridized carbons (Fsp3) is 0.107. The van der Waals surface area contributed by atoms with Gasteiger partial charge in [0.05, 0.1) is 11.0 Å². The molecule has 2 heterocycles. The van der Waals surface area contributed by atoms with Crippen molar-refractivity contribution in [3.63, 3.8) is 0 Å². The van der Waals surface area contributed by atoms with Crippen molar-refractivity contribution in [1.29, 1.82) is 0 Å². The number of benzene rings is 4. The van der Waals surface area contributed by atoms with Gasteiger partial charge in [0.15, 0.2) is 0 Å². The van der Waals surface area contributed by atoms with Gasteiger partial charge in [-0.1, -0.05) is 56.3 Å². The first-order chi connectivity index (χ1) is 15.6. The minimum absolute atomic E-state index is 0.0179. The SMILES string of the molecule is CC1(C)c2ccccc2-c2cc3cc4c5ccccc5n(-c5ncncn5)c4cc3cc21. The second-order valence-corrected chi connectivity index (χ2v) is 9.08. The lowest BCUT2D eigenvalue weighted by Gasteiger charge is -2.21. The van der Waals surface area contributed by atoms with Crippen LogP contribution in [-0.2, 0) is 5.41 Å². The quantitative estimate of drug-likeness (QED) is 0.313. The molecule has 6 aromatic rings. The van der Waals surface area contributed by atoms with Gasteiger partial charge in [0.25, 0.3) is 0 Å². The molecule has 0 fully saturated rings. The molecule has 1 aliphatic carbocycles. The van der Waals surface area contributed by atoms with Crippen LogP contribution in [0.4, 0.5) is 0 Å². The van der Waals surface area contributed by atoms with Crippen LogP contribution < -0.4 is 0 Å². The summed E-state index contributed by atoms with van der Waals surface area (Å²) < 4.78 is 2.14. The molecule has 0 saturated heterocycles. The van der Waals surface area contributed by atoms with Crippen molar-refractivity contribution in [2.45, 2.75) is 19.3 Å². The average molecular weight is 412 g/mol. The zero-order valence-electron chi connectivity index (χ0n) is 17.9. The summed E-state index contributed by atoms with van der Waals surface area (Å²) in [5.41, 5.74) is 7.67. The van der Waals surface area contributed by atoms with Crippen molar-refractivity contribution in [3.05, 3.63) is 96.6 Å². The van der Waals surface area contributed by atoms with E-state index in [1.54, 1.807) is 12.7 Å². The van der Waals surface area contributed by atoms with Gasteiger partial charge in [-0.3, -0.25) is 4.57 Å². The van der Waals surface area contributed by atoms with Gasteiger partial charge < -0.3 is 0 Å². The molecule has 2 aromatic heterocycles. The van der Waals surface area contributed by atoms with Gasteiger partial charge in [-0.2, -0.15) is 0 Å². The topological polar surface area (TPSA) is 43.6 Å². The number of rotatable bonds is 1. The van der Waals surface area contributed by atoms with E-state index in [4.69, 9.17) is 0 Å². The number of para-hydroxylation sites is 1. The highest BCUT2D eigenvalue weighted by atomic mass is 15.2. The number of hydrogen-bond donors (Lipinski definition) is 0. The predicted octanol–water partition coefficient (Wildman–Crippen LogP) is 6.43. The molecule has 0 spiro atoms. The van der Waals surface area contributed by atoms with E-state index in [1.165, 1.54) is 43.8 Å². The van der Waals surface area contributed by atoms with Gasteiger partial charge in [-0.05, 0) is 63.4 Å². The standard InChI is InChI=1S/C28H20N4/c1-28(2)23-9-5-3-7-19(23)21-11-17-12-22-20-8-4-6-10-25(20)32(27-30-15-29-16-31-27)26(22)14-18(17)13-24(21)28/h3-16H,1-2H3. The molecule has 0 aliphatic heterocycles. The van der Waals surface area contributed by atoms with Crippen LogP contribution in [0.2, 0.25) is 0 Å². The largest absolute Gasteiger partial charge is 0.278 e. The molecule has 4 aromatic carbocycles. The third-order valence-corrected chi connectivity index (χ3v) is 7.01. The highest BCUT2D eigenvalue weighted by Gasteiger charge is 2.35. The summed E-state index contributed by atoms with van der Waals surface area (Å²) in [6.07, 6.45) is 3.10. The minimum Gasteiger partial charge on any atom is -0.278 e. The molecule has 0 unspecified atom stereocenters. The maximum atomic E-state index is 4.45. The first-order valence-corrected chi connectivity index (χ1v) is 10.9. The number of nitrogens with zero attached hydrogens (tertiary/aromatic N) is 4. The van der Waals surface area contributed by atoms with Crippen LogP contribution in [-0.4, -0.2) is 19.5 Å². The first kappa shape index (κ1) is 17.6. The molecule has 152 valence electrons. The summed E-state index contributed by atoms with van der Waals surface area (Å²) in [7, 11) is 0. The Balaban J connectivity index is 1.61. The fourth-order valence-corrected chi connectivity index (χ4v) is 5.48. The van der Waals surface area contributed by atoms with E-state index in [-0.39, 0.29) is 5.41 Å². The average Bonchev–Trinajstić information content (AvgIpc) is 3.26. The lowest BCUT2D eigenvalue weighted by Crippen LogP contribution is -2.14. The zero-order chi connectivity index (χ0) is 21.4. The number of fused-ring (bicyclic) bond motifs is 7. The molecule has 0 atom stereocenters. The van der Waals surface area contributed by atoms with Gasteiger partial charge in [-0.15, -0.1) is 0 Å². The molecule has 4 heteroatoms.